The summed E-state index contributed by atoms with van der Waals surface area (Å²) < 4.78 is 23.0. The van der Waals surface area contributed by atoms with Crippen LogP contribution in [0.15, 0.2) is 29.2 Å². The number of rotatable bonds is 5. The molecule has 0 aromatic heterocycles. The molecule has 0 saturated carbocycles. The van der Waals surface area contributed by atoms with Crippen LogP contribution in [0, 0.1) is 0 Å². The number of anilines is 1. The largest absolute Gasteiger partial charge is 0.384 e. The highest BCUT2D eigenvalue weighted by molar-refractivity contribution is 7.91. The molecule has 84 valence electrons. The fourth-order valence-corrected chi connectivity index (χ4v) is 2.14. The molecular weight excluding hydrogens is 230 g/mol. The lowest BCUT2D eigenvalue weighted by molar-refractivity contribution is 0.597. The van der Waals surface area contributed by atoms with Gasteiger partial charge in [0.15, 0.2) is 9.84 Å². The lowest BCUT2D eigenvalue weighted by atomic mass is 10.3. The average Bonchev–Trinajstić information content (AvgIpc) is 2.27. The highest BCUT2D eigenvalue weighted by atomic mass is 32.2. The van der Waals surface area contributed by atoms with E-state index in [9.17, 15) is 8.42 Å². The van der Waals surface area contributed by atoms with E-state index in [0.29, 0.717) is 4.90 Å². The number of benzene rings is 1. The number of hydrogen-bond donors (Lipinski definition) is 2. The summed E-state index contributed by atoms with van der Waals surface area (Å²) in [6.07, 6.45) is 0. The Morgan fingerprint density at radius 1 is 1.27 bits per heavy atom. The number of sulfone groups is 1. The van der Waals surface area contributed by atoms with Crippen LogP contribution in [0.1, 0.15) is 6.92 Å². The Morgan fingerprint density at radius 3 is 2.33 bits per heavy atom. The molecule has 0 aliphatic heterocycles. The lowest BCUT2D eigenvalue weighted by Crippen LogP contribution is -2.05. The smallest absolute Gasteiger partial charge is 0.178 e. The summed E-state index contributed by atoms with van der Waals surface area (Å²) >= 11 is 4.07. The molecule has 0 amide bonds. The molecule has 0 fully saturated rings. The topological polar surface area (TPSA) is 46.2 Å². The minimum Gasteiger partial charge on any atom is -0.384 e. The van der Waals surface area contributed by atoms with Gasteiger partial charge in [-0.2, -0.15) is 12.6 Å². The Balaban J connectivity index is 2.81. The van der Waals surface area contributed by atoms with Gasteiger partial charge in [-0.15, -0.1) is 0 Å². The Bertz CT molecular complexity index is 398. The van der Waals surface area contributed by atoms with Crippen molar-refractivity contribution in [2.45, 2.75) is 11.8 Å². The summed E-state index contributed by atoms with van der Waals surface area (Å²) in [5, 5.41) is 3.12. The van der Waals surface area contributed by atoms with Crippen molar-refractivity contribution < 1.29 is 8.42 Å². The Kier molecular flexibility index (Phi) is 4.47. The predicted molar refractivity (Wildman–Crippen MR) is 66.5 cm³/mol. The number of thiol groups is 1. The first kappa shape index (κ1) is 12.4. The van der Waals surface area contributed by atoms with Gasteiger partial charge >= 0.3 is 0 Å². The van der Waals surface area contributed by atoms with Crippen molar-refractivity contribution in [3.63, 3.8) is 0 Å². The van der Waals surface area contributed by atoms with E-state index >= 15 is 0 Å². The van der Waals surface area contributed by atoms with Crippen LogP contribution in [-0.2, 0) is 9.84 Å². The Labute approximate surface area is 96.2 Å². The van der Waals surface area contributed by atoms with Crippen molar-refractivity contribution >= 4 is 28.2 Å². The quantitative estimate of drug-likeness (QED) is 0.778. The van der Waals surface area contributed by atoms with Gasteiger partial charge < -0.3 is 5.32 Å². The molecule has 5 heteroatoms. The van der Waals surface area contributed by atoms with Crippen LogP contribution in [-0.4, -0.2) is 26.5 Å². The monoisotopic (exact) mass is 245 g/mol. The van der Waals surface area contributed by atoms with Crippen molar-refractivity contribution in [2.75, 3.05) is 23.4 Å². The van der Waals surface area contributed by atoms with Gasteiger partial charge in [0, 0.05) is 18.0 Å². The third kappa shape index (κ3) is 3.43. The minimum atomic E-state index is -3.08. The Hall–Kier alpha value is -0.680. The van der Waals surface area contributed by atoms with Crippen LogP contribution < -0.4 is 5.32 Å². The van der Waals surface area contributed by atoms with E-state index in [1.807, 2.05) is 0 Å². The van der Waals surface area contributed by atoms with Gasteiger partial charge in [0.1, 0.15) is 0 Å². The van der Waals surface area contributed by atoms with Crippen LogP contribution in [0.3, 0.4) is 0 Å². The molecule has 1 rings (SSSR count). The molecule has 0 bridgehead atoms. The van der Waals surface area contributed by atoms with Crippen molar-refractivity contribution in [1.29, 1.82) is 0 Å². The summed E-state index contributed by atoms with van der Waals surface area (Å²) in [5.41, 5.74) is 0.916. The molecule has 3 nitrogen and oxygen atoms in total. The first-order chi connectivity index (χ1) is 7.10. The second-order valence-corrected chi connectivity index (χ2v) is 5.80. The summed E-state index contributed by atoms with van der Waals surface area (Å²) in [6, 6.07) is 6.79. The zero-order chi connectivity index (χ0) is 11.3. The molecule has 1 aromatic rings. The molecular formula is C10H15NO2S2. The van der Waals surface area contributed by atoms with E-state index in [1.165, 1.54) is 0 Å². The van der Waals surface area contributed by atoms with Gasteiger partial charge in [0.2, 0.25) is 0 Å². The highest BCUT2D eigenvalue weighted by Gasteiger charge is 2.10. The third-order valence-corrected chi connectivity index (χ3v) is 4.01. The van der Waals surface area contributed by atoms with Crippen LogP contribution >= 0.6 is 12.6 Å². The standard InChI is InChI=1S/C10H15NO2S2/c1-2-15(12,13)10-5-3-9(4-6-10)11-7-8-14/h3-6,11,14H,2,7-8H2,1H3. The van der Waals surface area contributed by atoms with Gasteiger partial charge in [-0.3, -0.25) is 0 Å². The maximum absolute atomic E-state index is 11.5. The highest BCUT2D eigenvalue weighted by Crippen LogP contribution is 2.14. The first-order valence-electron chi connectivity index (χ1n) is 4.77. The van der Waals surface area contributed by atoms with Gasteiger partial charge in [0.05, 0.1) is 10.6 Å². The maximum atomic E-state index is 11.5. The SMILES string of the molecule is CCS(=O)(=O)c1ccc(NCCS)cc1. The summed E-state index contributed by atoms with van der Waals surface area (Å²) in [4.78, 5) is 0.376. The molecule has 15 heavy (non-hydrogen) atoms. The molecule has 0 heterocycles. The van der Waals surface area contributed by atoms with Crippen molar-refractivity contribution in [2.24, 2.45) is 0 Å². The van der Waals surface area contributed by atoms with E-state index < -0.39 is 9.84 Å². The van der Waals surface area contributed by atoms with E-state index in [2.05, 4.69) is 17.9 Å². The van der Waals surface area contributed by atoms with Gasteiger partial charge in [-0.1, -0.05) is 6.92 Å². The van der Waals surface area contributed by atoms with Crippen LogP contribution in [0.5, 0.6) is 0 Å². The maximum Gasteiger partial charge on any atom is 0.178 e. The Morgan fingerprint density at radius 2 is 1.87 bits per heavy atom. The van der Waals surface area contributed by atoms with Crippen molar-refractivity contribution in [3.8, 4) is 0 Å². The lowest BCUT2D eigenvalue weighted by Gasteiger charge is -2.05. The van der Waals surface area contributed by atoms with Gasteiger partial charge in [-0.05, 0) is 24.3 Å². The second kappa shape index (κ2) is 5.42. The van der Waals surface area contributed by atoms with Crippen LogP contribution in [0.25, 0.3) is 0 Å². The molecule has 0 unspecified atom stereocenters. The van der Waals surface area contributed by atoms with Crippen LogP contribution in [0.2, 0.25) is 0 Å². The van der Waals surface area contributed by atoms with Crippen molar-refractivity contribution in [1.82, 2.24) is 0 Å². The summed E-state index contributed by atoms with van der Waals surface area (Å²) in [6.45, 7) is 2.41. The summed E-state index contributed by atoms with van der Waals surface area (Å²) in [5.74, 6) is 0.880. The van der Waals surface area contributed by atoms with E-state index in [0.717, 1.165) is 18.0 Å². The normalized spacial score (nSPS) is 11.3. The minimum absolute atomic E-state index is 0.135. The zero-order valence-electron chi connectivity index (χ0n) is 8.60. The molecule has 1 N–H and O–H groups in total. The second-order valence-electron chi connectivity index (χ2n) is 3.08. The van der Waals surface area contributed by atoms with E-state index in [1.54, 1.807) is 31.2 Å². The molecule has 0 atom stereocenters. The zero-order valence-corrected chi connectivity index (χ0v) is 10.3. The van der Waals surface area contributed by atoms with Gasteiger partial charge in [0.25, 0.3) is 0 Å². The molecule has 0 radical (unpaired) electrons. The van der Waals surface area contributed by atoms with Crippen molar-refractivity contribution in [3.05, 3.63) is 24.3 Å². The molecule has 1 aromatic carbocycles. The summed E-state index contributed by atoms with van der Waals surface area (Å²) in [7, 11) is -3.08. The number of nitrogens with one attached hydrogen (secondary N) is 1. The molecule has 0 spiro atoms. The fraction of sp³-hybridized carbons (Fsp3) is 0.400. The molecule has 0 aliphatic rings. The molecule has 0 saturated heterocycles. The van der Waals surface area contributed by atoms with Crippen LogP contribution in [0.4, 0.5) is 5.69 Å². The predicted octanol–water partition coefficient (Wildman–Crippen LogP) is 1.82. The van der Waals surface area contributed by atoms with Gasteiger partial charge in [-0.25, -0.2) is 8.42 Å². The van der Waals surface area contributed by atoms with E-state index in [4.69, 9.17) is 0 Å². The number of hydrogen-bond acceptors (Lipinski definition) is 4. The third-order valence-electron chi connectivity index (χ3n) is 2.03. The average molecular weight is 245 g/mol. The van der Waals surface area contributed by atoms with E-state index in [-0.39, 0.29) is 5.75 Å². The molecule has 0 aliphatic carbocycles. The fourth-order valence-electron chi connectivity index (χ4n) is 1.15. The first-order valence-corrected chi connectivity index (χ1v) is 7.06.